The summed E-state index contributed by atoms with van der Waals surface area (Å²) >= 11 is 4.86. The van der Waals surface area contributed by atoms with E-state index >= 15 is 0 Å². The highest BCUT2D eigenvalue weighted by molar-refractivity contribution is 7.80. The summed E-state index contributed by atoms with van der Waals surface area (Å²) in [5, 5.41) is 0. The summed E-state index contributed by atoms with van der Waals surface area (Å²) in [6.07, 6.45) is 2.67. The van der Waals surface area contributed by atoms with Crippen molar-refractivity contribution in [2.45, 2.75) is 19.3 Å². The number of rotatable bonds is 8. The summed E-state index contributed by atoms with van der Waals surface area (Å²) in [5.74, 6) is 0.883. The van der Waals surface area contributed by atoms with Gasteiger partial charge in [0.2, 0.25) is 0 Å². The van der Waals surface area contributed by atoms with E-state index in [1.54, 1.807) is 7.11 Å². The topological polar surface area (TPSA) is 44.5 Å². The fourth-order valence-corrected chi connectivity index (χ4v) is 1.61. The molecule has 94 valence electrons. The van der Waals surface area contributed by atoms with E-state index in [9.17, 15) is 0 Å². The van der Waals surface area contributed by atoms with Gasteiger partial charge in [-0.15, -0.1) is 0 Å². The Kier molecular flexibility index (Phi) is 6.58. The van der Waals surface area contributed by atoms with Crippen LogP contribution in [0.25, 0.3) is 0 Å². The highest BCUT2D eigenvalue weighted by Crippen LogP contribution is 2.13. The van der Waals surface area contributed by atoms with Crippen LogP contribution in [0.4, 0.5) is 0 Å². The van der Waals surface area contributed by atoms with E-state index in [2.05, 4.69) is 0 Å². The Bertz CT molecular complexity index is 338. The number of nitrogens with two attached hydrogens (primary N) is 1. The summed E-state index contributed by atoms with van der Waals surface area (Å²) in [4.78, 5) is 0.512. The van der Waals surface area contributed by atoms with Crippen LogP contribution >= 0.6 is 12.2 Å². The Morgan fingerprint density at radius 2 is 1.82 bits per heavy atom. The summed E-state index contributed by atoms with van der Waals surface area (Å²) in [6.45, 7) is 1.51. The predicted octanol–water partition coefficient (Wildman–Crippen LogP) is 2.32. The van der Waals surface area contributed by atoms with Crippen LogP contribution in [0.5, 0.6) is 5.75 Å². The average molecular weight is 253 g/mol. The lowest BCUT2D eigenvalue weighted by Crippen LogP contribution is -2.10. The first-order chi connectivity index (χ1) is 8.22. The van der Waals surface area contributed by atoms with Gasteiger partial charge in [0, 0.05) is 20.1 Å². The van der Waals surface area contributed by atoms with E-state index in [-0.39, 0.29) is 0 Å². The second-order valence-corrected chi connectivity index (χ2v) is 4.36. The minimum atomic E-state index is 0.512. The number of thiocarbonyl (C=S) groups is 1. The van der Waals surface area contributed by atoms with E-state index in [0.29, 0.717) is 11.4 Å². The zero-order valence-electron chi connectivity index (χ0n) is 10.1. The molecule has 0 aliphatic rings. The number of benzene rings is 1. The highest BCUT2D eigenvalue weighted by atomic mass is 32.1. The molecule has 0 saturated heterocycles. The van der Waals surface area contributed by atoms with Gasteiger partial charge in [-0.25, -0.2) is 0 Å². The van der Waals surface area contributed by atoms with Crippen molar-refractivity contribution in [1.29, 1.82) is 0 Å². The van der Waals surface area contributed by atoms with E-state index in [0.717, 1.165) is 37.4 Å². The largest absolute Gasteiger partial charge is 0.494 e. The van der Waals surface area contributed by atoms with E-state index in [1.165, 1.54) is 0 Å². The standard InChI is InChI=1S/C13H19NO2S/c1-15-8-2-3-9-16-12-6-4-11(5-7-12)10-13(14)17/h4-7H,2-3,8-10H2,1H3,(H2,14,17). The molecule has 0 heterocycles. The Balaban J connectivity index is 2.28. The summed E-state index contributed by atoms with van der Waals surface area (Å²) in [6, 6.07) is 7.88. The third-order valence-electron chi connectivity index (χ3n) is 2.31. The van der Waals surface area contributed by atoms with Crippen LogP contribution in [-0.4, -0.2) is 25.3 Å². The smallest absolute Gasteiger partial charge is 0.119 e. The van der Waals surface area contributed by atoms with Gasteiger partial charge in [-0.3, -0.25) is 0 Å². The fourth-order valence-electron chi connectivity index (χ4n) is 1.44. The molecule has 0 saturated carbocycles. The molecule has 1 aromatic rings. The maximum absolute atomic E-state index is 5.59. The van der Waals surface area contributed by atoms with Gasteiger partial charge >= 0.3 is 0 Å². The maximum Gasteiger partial charge on any atom is 0.119 e. The van der Waals surface area contributed by atoms with Crippen LogP contribution in [-0.2, 0) is 11.2 Å². The zero-order valence-corrected chi connectivity index (χ0v) is 11.0. The second-order valence-electron chi connectivity index (χ2n) is 3.84. The molecule has 0 bridgehead atoms. The number of hydrogen-bond acceptors (Lipinski definition) is 3. The summed E-state index contributed by atoms with van der Waals surface area (Å²) in [5.41, 5.74) is 6.59. The first-order valence-electron chi connectivity index (χ1n) is 5.71. The molecule has 2 N–H and O–H groups in total. The minimum absolute atomic E-state index is 0.512. The van der Waals surface area contributed by atoms with Crippen molar-refractivity contribution in [2.24, 2.45) is 5.73 Å². The van der Waals surface area contributed by atoms with Gasteiger partial charge in [-0.1, -0.05) is 24.4 Å². The monoisotopic (exact) mass is 253 g/mol. The lowest BCUT2D eigenvalue weighted by atomic mass is 10.1. The molecule has 4 heteroatoms. The molecule has 0 unspecified atom stereocenters. The molecule has 0 fully saturated rings. The van der Waals surface area contributed by atoms with Crippen LogP contribution in [0.15, 0.2) is 24.3 Å². The fraction of sp³-hybridized carbons (Fsp3) is 0.462. The molecular formula is C13H19NO2S. The molecule has 0 atom stereocenters. The van der Waals surface area contributed by atoms with Crippen molar-refractivity contribution in [1.82, 2.24) is 0 Å². The third kappa shape index (κ3) is 6.24. The van der Waals surface area contributed by atoms with Gasteiger partial charge in [0.1, 0.15) is 5.75 Å². The maximum atomic E-state index is 5.59. The quantitative estimate of drug-likeness (QED) is 0.570. The van der Waals surface area contributed by atoms with E-state index < -0.39 is 0 Å². The third-order valence-corrected chi connectivity index (χ3v) is 2.46. The van der Waals surface area contributed by atoms with Gasteiger partial charge in [0.25, 0.3) is 0 Å². The lowest BCUT2D eigenvalue weighted by molar-refractivity contribution is 0.184. The molecule has 0 aliphatic heterocycles. The Morgan fingerprint density at radius 1 is 1.18 bits per heavy atom. The summed E-state index contributed by atoms with van der Waals surface area (Å²) in [7, 11) is 1.71. The van der Waals surface area contributed by atoms with Gasteiger partial charge < -0.3 is 15.2 Å². The Morgan fingerprint density at radius 3 is 2.41 bits per heavy atom. The molecule has 1 aromatic carbocycles. The number of ether oxygens (including phenoxy) is 2. The van der Waals surface area contributed by atoms with Crippen LogP contribution in [0.1, 0.15) is 18.4 Å². The average Bonchev–Trinajstić information content (AvgIpc) is 2.30. The SMILES string of the molecule is COCCCCOc1ccc(CC(N)=S)cc1. The van der Waals surface area contributed by atoms with Gasteiger partial charge in [0.15, 0.2) is 0 Å². The van der Waals surface area contributed by atoms with Crippen molar-refractivity contribution in [3.05, 3.63) is 29.8 Å². The number of unbranched alkanes of at least 4 members (excludes halogenated alkanes) is 1. The molecule has 0 aromatic heterocycles. The van der Waals surface area contributed by atoms with Crippen molar-refractivity contribution in [2.75, 3.05) is 20.3 Å². The molecule has 0 aliphatic carbocycles. The van der Waals surface area contributed by atoms with Crippen LogP contribution < -0.4 is 10.5 Å². The number of methoxy groups -OCH3 is 1. The van der Waals surface area contributed by atoms with Crippen molar-refractivity contribution < 1.29 is 9.47 Å². The molecule has 3 nitrogen and oxygen atoms in total. The molecule has 17 heavy (non-hydrogen) atoms. The first kappa shape index (κ1) is 13.9. The van der Waals surface area contributed by atoms with Crippen LogP contribution in [0.3, 0.4) is 0 Å². The molecule has 0 spiro atoms. The first-order valence-corrected chi connectivity index (χ1v) is 6.12. The zero-order chi connectivity index (χ0) is 12.5. The van der Waals surface area contributed by atoms with E-state index in [4.69, 9.17) is 27.4 Å². The molecular weight excluding hydrogens is 234 g/mol. The number of hydrogen-bond donors (Lipinski definition) is 1. The normalized spacial score (nSPS) is 10.2. The van der Waals surface area contributed by atoms with Crippen LogP contribution in [0, 0.1) is 0 Å². The van der Waals surface area contributed by atoms with Gasteiger partial charge in [0.05, 0.1) is 11.6 Å². The molecule has 1 rings (SSSR count). The molecule has 0 radical (unpaired) electrons. The second kappa shape index (κ2) is 8.03. The molecule has 0 amide bonds. The lowest BCUT2D eigenvalue weighted by Gasteiger charge is -2.06. The van der Waals surface area contributed by atoms with E-state index in [1.807, 2.05) is 24.3 Å². The van der Waals surface area contributed by atoms with Crippen LogP contribution in [0.2, 0.25) is 0 Å². The van der Waals surface area contributed by atoms with Crippen molar-refractivity contribution >= 4 is 17.2 Å². The van der Waals surface area contributed by atoms with Crippen molar-refractivity contribution in [3.8, 4) is 5.75 Å². The predicted molar refractivity (Wildman–Crippen MR) is 73.5 cm³/mol. The van der Waals surface area contributed by atoms with Gasteiger partial charge in [-0.2, -0.15) is 0 Å². The Labute approximate surface area is 108 Å². The Hall–Kier alpha value is -1.13. The highest BCUT2D eigenvalue weighted by Gasteiger charge is 1.97. The summed E-state index contributed by atoms with van der Waals surface area (Å²) < 4.78 is 10.6. The van der Waals surface area contributed by atoms with Gasteiger partial charge in [-0.05, 0) is 30.5 Å². The minimum Gasteiger partial charge on any atom is -0.494 e. The van der Waals surface area contributed by atoms with Crippen molar-refractivity contribution in [3.63, 3.8) is 0 Å².